The third kappa shape index (κ3) is 3.98. The van der Waals surface area contributed by atoms with Crippen LogP contribution in [0.25, 0.3) is 0 Å². The molecule has 2 rings (SSSR count). The minimum absolute atomic E-state index is 0.133. The summed E-state index contributed by atoms with van der Waals surface area (Å²) in [5.41, 5.74) is 8.42. The lowest BCUT2D eigenvalue weighted by Gasteiger charge is -2.23. The van der Waals surface area contributed by atoms with Gasteiger partial charge in [-0.3, -0.25) is 0 Å². The number of hydrogen-bond donors (Lipinski definition) is 3. The van der Waals surface area contributed by atoms with Crippen LogP contribution in [0.1, 0.15) is 26.3 Å². The van der Waals surface area contributed by atoms with Crippen molar-refractivity contribution in [2.75, 3.05) is 16.4 Å². The predicted molar refractivity (Wildman–Crippen MR) is 89.3 cm³/mol. The van der Waals surface area contributed by atoms with Crippen LogP contribution < -0.4 is 16.4 Å². The molecule has 6 heteroatoms. The van der Waals surface area contributed by atoms with Crippen LogP contribution in [-0.4, -0.2) is 15.5 Å². The fourth-order valence-electron chi connectivity index (χ4n) is 1.81. The van der Waals surface area contributed by atoms with Gasteiger partial charge in [-0.25, -0.2) is 9.97 Å². The highest BCUT2D eigenvalue weighted by atomic mass is 35.5. The summed E-state index contributed by atoms with van der Waals surface area (Å²) in [5.74, 6) is 1.17. The number of nitrogens with one attached hydrogen (secondary N) is 2. The van der Waals surface area contributed by atoms with Crippen molar-refractivity contribution in [2.45, 2.75) is 33.2 Å². The van der Waals surface area contributed by atoms with Crippen molar-refractivity contribution in [2.24, 2.45) is 0 Å². The van der Waals surface area contributed by atoms with E-state index in [1.165, 1.54) is 6.33 Å². The molecule has 0 saturated heterocycles. The maximum Gasteiger partial charge on any atom is 0.159 e. The standard InChI is InChI=1S/C15H20ClN5/c1-9-5-6-10(16)7-11(9)20-13-12(17)14(19-8-18-13)21-15(2,3)4/h5-8H,17H2,1-4H3,(H2,18,19,20,21). The van der Waals surface area contributed by atoms with Gasteiger partial charge in [-0.1, -0.05) is 17.7 Å². The normalized spacial score (nSPS) is 11.3. The molecule has 0 aliphatic rings. The first-order chi connectivity index (χ1) is 9.76. The van der Waals surface area contributed by atoms with Crippen molar-refractivity contribution < 1.29 is 0 Å². The Hall–Kier alpha value is -2.01. The van der Waals surface area contributed by atoms with Crippen molar-refractivity contribution in [1.82, 2.24) is 9.97 Å². The molecule has 5 nitrogen and oxygen atoms in total. The first-order valence-corrected chi connectivity index (χ1v) is 7.06. The quantitative estimate of drug-likeness (QED) is 0.800. The molecule has 1 heterocycles. The van der Waals surface area contributed by atoms with Gasteiger partial charge in [0.05, 0.1) is 0 Å². The van der Waals surface area contributed by atoms with Crippen LogP contribution in [0.15, 0.2) is 24.5 Å². The monoisotopic (exact) mass is 305 g/mol. The number of nitrogen functional groups attached to an aromatic ring is 1. The molecule has 0 bridgehead atoms. The minimum Gasteiger partial charge on any atom is -0.393 e. The predicted octanol–water partition coefficient (Wildman–Crippen LogP) is 3.97. The van der Waals surface area contributed by atoms with Gasteiger partial charge in [0, 0.05) is 16.2 Å². The Kier molecular flexibility index (Phi) is 4.23. The van der Waals surface area contributed by atoms with Gasteiger partial charge in [-0.2, -0.15) is 0 Å². The van der Waals surface area contributed by atoms with Crippen molar-refractivity contribution in [3.63, 3.8) is 0 Å². The van der Waals surface area contributed by atoms with E-state index in [0.29, 0.717) is 22.3 Å². The highest BCUT2D eigenvalue weighted by molar-refractivity contribution is 6.30. The lowest BCUT2D eigenvalue weighted by atomic mass is 10.1. The molecule has 1 aromatic carbocycles. The summed E-state index contributed by atoms with van der Waals surface area (Å²) >= 11 is 6.02. The Morgan fingerprint density at radius 1 is 1.14 bits per heavy atom. The summed E-state index contributed by atoms with van der Waals surface area (Å²) in [5, 5.41) is 7.12. The molecule has 0 aliphatic carbocycles. The van der Waals surface area contributed by atoms with Gasteiger partial charge in [0.25, 0.3) is 0 Å². The van der Waals surface area contributed by atoms with Crippen LogP contribution in [0.2, 0.25) is 5.02 Å². The van der Waals surface area contributed by atoms with Gasteiger partial charge in [0.2, 0.25) is 0 Å². The van der Waals surface area contributed by atoms with Gasteiger partial charge < -0.3 is 16.4 Å². The first-order valence-electron chi connectivity index (χ1n) is 6.68. The molecule has 0 fully saturated rings. The molecule has 112 valence electrons. The number of nitrogens with two attached hydrogens (primary N) is 1. The molecular formula is C15H20ClN5. The Bertz CT molecular complexity index is 649. The minimum atomic E-state index is -0.133. The highest BCUT2D eigenvalue weighted by Crippen LogP contribution is 2.29. The molecule has 0 radical (unpaired) electrons. The zero-order valence-electron chi connectivity index (χ0n) is 12.7. The Balaban J connectivity index is 2.33. The largest absolute Gasteiger partial charge is 0.393 e. The van der Waals surface area contributed by atoms with E-state index < -0.39 is 0 Å². The van der Waals surface area contributed by atoms with E-state index in [-0.39, 0.29) is 5.54 Å². The summed E-state index contributed by atoms with van der Waals surface area (Å²) in [6.07, 6.45) is 1.48. The third-order valence-corrected chi connectivity index (χ3v) is 3.07. The van der Waals surface area contributed by atoms with Gasteiger partial charge >= 0.3 is 0 Å². The number of rotatable bonds is 3. The Morgan fingerprint density at radius 2 is 1.81 bits per heavy atom. The SMILES string of the molecule is Cc1ccc(Cl)cc1Nc1ncnc(NC(C)(C)C)c1N. The van der Waals surface area contributed by atoms with E-state index in [1.54, 1.807) is 0 Å². The molecular weight excluding hydrogens is 286 g/mol. The van der Waals surface area contributed by atoms with Gasteiger partial charge in [-0.15, -0.1) is 0 Å². The molecule has 0 atom stereocenters. The molecule has 4 N–H and O–H groups in total. The molecule has 1 aromatic heterocycles. The number of aromatic nitrogens is 2. The van der Waals surface area contributed by atoms with E-state index in [1.807, 2.05) is 45.9 Å². The van der Waals surface area contributed by atoms with Crippen molar-refractivity contribution in [1.29, 1.82) is 0 Å². The summed E-state index contributed by atoms with van der Waals surface area (Å²) in [7, 11) is 0. The lowest BCUT2D eigenvalue weighted by molar-refractivity contribution is 0.630. The number of aryl methyl sites for hydroxylation is 1. The van der Waals surface area contributed by atoms with E-state index in [4.69, 9.17) is 17.3 Å². The number of benzene rings is 1. The summed E-state index contributed by atoms with van der Waals surface area (Å²) in [6.45, 7) is 8.12. The van der Waals surface area contributed by atoms with Gasteiger partial charge in [0.1, 0.15) is 12.0 Å². The van der Waals surface area contributed by atoms with Gasteiger partial charge in [0.15, 0.2) is 11.6 Å². The first kappa shape index (κ1) is 15.4. The van der Waals surface area contributed by atoms with E-state index in [0.717, 1.165) is 11.3 Å². The summed E-state index contributed by atoms with van der Waals surface area (Å²) < 4.78 is 0. The molecule has 21 heavy (non-hydrogen) atoms. The van der Waals surface area contributed by atoms with Crippen molar-refractivity contribution in [3.8, 4) is 0 Å². The molecule has 0 spiro atoms. The molecule has 0 aliphatic heterocycles. The average Bonchev–Trinajstić information content (AvgIpc) is 2.37. The van der Waals surface area contributed by atoms with Crippen molar-refractivity contribution in [3.05, 3.63) is 35.1 Å². The molecule has 0 saturated carbocycles. The maximum atomic E-state index is 6.14. The van der Waals surface area contributed by atoms with Crippen LogP contribution in [0, 0.1) is 6.92 Å². The average molecular weight is 306 g/mol. The Labute approximate surface area is 129 Å². The third-order valence-electron chi connectivity index (χ3n) is 2.83. The molecule has 0 unspecified atom stereocenters. The number of anilines is 4. The number of nitrogens with zero attached hydrogens (tertiary/aromatic N) is 2. The second-order valence-corrected chi connectivity index (χ2v) is 6.38. The maximum absolute atomic E-state index is 6.14. The number of halogens is 1. The lowest BCUT2D eigenvalue weighted by Crippen LogP contribution is -2.27. The van der Waals surface area contributed by atoms with Crippen LogP contribution in [0.4, 0.5) is 23.0 Å². The number of hydrogen-bond acceptors (Lipinski definition) is 5. The van der Waals surface area contributed by atoms with Crippen LogP contribution in [0.3, 0.4) is 0 Å². The fourth-order valence-corrected chi connectivity index (χ4v) is 1.98. The van der Waals surface area contributed by atoms with Crippen LogP contribution in [0.5, 0.6) is 0 Å². The zero-order chi connectivity index (χ0) is 15.6. The summed E-state index contributed by atoms with van der Waals surface area (Å²) in [4.78, 5) is 8.40. The van der Waals surface area contributed by atoms with Gasteiger partial charge in [-0.05, 0) is 45.4 Å². The zero-order valence-corrected chi connectivity index (χ0v) is 13.4. The smallest absolute Gasteiger partial charge is 0.159 e. The van der Waals surface area contributed by atoms with Crippen LogP contribution in [-0.2, 0) is 0 Å². The molecule has 2 aromatic rings. The second-order valence-electron chi connectivity index (χ2n) is 5.94. The topological polar surface area (TPSA) is 75.9 Å². The van der Waals surface area contributed by atoms with E-state index in [9.17, 15) is 0 Å². The Morgan fingerprint density at radius 3 is 2.48 bits per heavy atom. The fraction of sp³-hybridized carbons (Fsp3) is 0.333. The second kappa shape index (κ2) is 5.77. The van der Waals surface area contributed by atoms with Crippen LogP contribution >= 0.6 is 11.6 Å². The summed E-state index contributed by atoms with van der Waals surface area (Å²) in [6, 6.07) is 5.63. The highest BCUT2D eigenvalue weighted by Gasteiger charge is 2.15. The van der Waals surface area contributed by atoms with E-state index >= 15 is 0 Å². The molecule has 0 amide bonds. The van der Waals surface area contributed by atoms with E-state index in [2.05, 4.69) is 20.6 Å². The van der Waals surface area contributed by atoms with Crippen molar-refractivity contribution >= 4 is 34.6 Å².